The lowest BCUT2D eigenvalue weighted by Gasteiger charge is -2.30. The maximum Gasteiger partial charge on any atom is 0.434 e. The van der Waals surface area contributed by atoms with E-state index in [-0.39, 0.29) is 32.5 Å². The van der Waals surface area contributed by atoms with Crippen molar-refractivity contribution in [2.45, 2.75) is 44.4 Å². The molecule has 4 nitrogen and oxygen atoms in total. The van der Waals surface area contributed by atoms with Gasteiger partial charge in [-0.15, -0.1) is 0 Å². The zero-order chi connectivity index (χ0) is 23.8. The van der Waals surface area contributed by atoms with E-state index in [0.717, 1.165) is 22.6 Å². The van der Waals surface area contributed by atoms with Crippen LogP contribution in [0.5, 0.6) is 0 Å². The highest BCUT2D eigenvalue weighted by Crippen LogP contribution is 2.49. The Morgan fingerprint density at radius 1 is 1.16 bits per heavy atom. The van der Waals surface area contributed by atoms with Crippen molar-refractivity contribution in [1.29, 1.82) is 0 Å². The van der Waals surface area contributed by atoms with Crippen molar-refractivity contribution in [1.82, 2.24) is 0 Å². The van der Waals surface area contributed by atoms with Gasteiger partial charge in [0.05, 0.1) is 21.6 Å². The molecule has 172 valence electrons. The number of alkyl halides is 3. The van der Waals surface area contributed by atoms with Gasteiger partial charge in [-0.2, -0.15) is 13.2 Å². The smallest absolute Gasteiger partial charge is 0.426 e. The number of hydrogen-bond donors (Lipinski definition) is 0. The number of cyclic esters (lactones) is 1. The first-order valence-corrected chi connectivity index (χ1v) is 10.9. The van der Waals surface area contributed by atoms with Crippen LogP contribution in [0.3, 0.4) is 0 Å². The number of carbonyl (C=O) groups excluding carboxylic acids is 2. The van der Waals surface area contributed by atoms with E-state index in [1.165, 1.54) is 12.1 Å². The van der Waals surface area contributed by atoms with Crippen LogP contribution in [0.25, 0.3) is 0 Å². The molecule has 0 aromatic heterocycles. The van der Waals surface area contributed by atoms with Crippen LogP contribution in [-0.2, 0) is 15.1 Å². The summed E-state index contributed by atoms with van der Waals surface area (Å²) in [6.07, 6.45) is -5.32. The molecule has 0 bridgehead atoms. The van der Waals surface area contributed by atoms with Crippen molar-refractivity contribution in [3.63, 3.8) is 0 Å². The maximum atomic E-state index is 14.2. The number of rotatable bonds is 6. The molecule has 0 saturated carbocycles. The fourth-order valence-electron chi connectivity index (χ4n) is 3.56. The summed E-state index contributed by atoms with van der Waals surface area (Å²) < 4.78 is 47.5. The first kappa shape index (κ1) is 24.7. The average molecular weight is 509 g/mol. The maximum absolute atomic E-state index is 14.2. The number of nitrogens with zero attached hydrogens (tertiary/aromatic N) is 1. The van der Waals surface area contributed by atoms with E-state index >= 15 is 0 Å². The van der Waals surface area contributed by atoms with Crippen LogP contribution in [0.1, 0.15) is 43.7 Å². The lowest BCUT2D eigenvalue weighted by molar-refractivity contribution is -0.250. The van der Waals surface area contributed by atoms with E-state index in [4.69, 9.17) is 39.5 Å². The second-order valence-corrected chi connectivity index (χ2v) is 8.81. The van der Waals surface area contributed by atoms with E-state index in [9.17, 15) is 22.8 Å². The molecule has 1 saturated heterocycles. The van der Waals surface area contributed by atoms with E-state index in [0.29, 0.717) is 12.8 Å². The quantitative estimate of drug-likeness (QED) is 0.379. The number of amides is 1. The standard InChI is InChI=1S/C22H19Cl3F3NO3/c1-3-16(30)8-12(2)13-4-6-15(7-5-13)29-11-21(22(26,27)28,32-20(29)31)14-9-17(23)19(25)18(24)10-14/h4-7,9-10,12H,3,8,11H2,1-2H3. The number of anilines is 1. The Labute approximate surface area is 198 Å². The van der Waals surface area contributed by atoms with Gasteiger partial charge in [0.25, 0.3) is 5.60 Å². The fraction of sp³-hybridized carbons (Fsp3) is 0.364. The summed E-state index contributed by atoms with van der Waals surface area (Å²) in [6, 6.07) is 8.40. The van der Waals surface area contributed by atoms with Gasteiger partial charge < -0.3 is 4.74 Å². The number of halogens is 6. The van der Waals surface area contributed by atoms with Crippen molar-refractivity contribution >= 4 is 52.4 Å². The topological polar surface area (TPSA) is 46.6 Å². The normalized spacial score (nSPS) is 19.8. The lowest BCUT2D eigenvalue weighted by atomic mass is 9.92. The van der Waals surface area contributed by atoms with Crippen LogP contribution >= 0.6 is 34.8 Å². The van der Waals surface area contributed by atoms with Crippen LogP contribution in [0.2, 0.25) is 15.1 Å². The van der Waals surface area contributed by atoms with Gasteiger partial charge in [-0.05, 0) is 35.7 Å². The molecule has 0 radical (unpaired) electrons. The molecule has 1 fully saturated rings. The van der Waals surface area contributed by atoms with Crippen molar-refractivity contribution in [3.05, 3.63) is 62.6 Å². The Hall–Kier alpha value is -1.96. The van der Waals surface area contributed by atoms with Crippen LogP contribution in [0, 0.1) is 0 Å². The largest absolute Gasteiger partial charge is 0.434 e. The Morgan fingerprint density at radius 3 is 2.22 bits per heavy atom. The molecular weight excluding hydrogens is 490 g/mol. The molecule has 1 heterocycles. The van der Waals surface area contributed by atoms with Crippen LogP contribution < -0.4 is 4.90 Å². The second kappa shape index (κ2) is 9.12. The molecule has 2 aromatic rings. The molecule has 32 heavy (non-hydrogen) atoms. The molecule has 0 N–H and O–H groups in total. The summed E-state index contributed by atoms with van der Waals surface area (Å²) in [5.41, 5.74) is -2.34. The molecule has 1 aliphatic heterocycles. The van der Waals surface area contributed by atoms with Gasteiger partial charge in [0.15, 0.2) is 0 Å². The van der Waals surface area contributed by atoms with E-state index in [1.807, 2.05) is 6.92 Å². The number of hydrogen-bond acceptors (Lipinski definition) is 3. The molecule has 0 spiro atoms. The fourth-order valence-corrected chi connectivity index (χ4v) is 4.15. The Balaban J connectivity index is 1.94. The van der Waals surface area contributed by atoms with Gasteiger partial charge in [0.2, 0.25) is 0 Å². The lowest BCUT2D eigenvalue weighted by Crippen LogP contribution is -2.46. The summed E-state index contributed by atoms with van der Waals surface area (Å²) >= 11 is 17.7. The third-order valence-electron chi connectivity index (χ3n) is 5.47. The molecule has 10 heteroatoms. The molecule has 1 amide bonds. The summed E-state index contributed by atoms with van der Waals surface area (Å²) in [7, 11) is 0. The Kier molecular flexibility index (Phi) is 7.03. The molecule has 2 unspecified atom stereocenters. The van der Waals surface area contributed by atoms with Gasteiger partial charge in [-0.3, -0.25) is 9.69 Å². The molecule has 0 aliphatic carbocycles. The first-order valence-electron chi connectivity index (χ1n) is 9.73. The number of Topliss-reactive ketones (excluding diaryl/α,β-unsaturated/α-hetero) is 1. The molecule has 3 rings (SSSR count). The SMILES string of the molecule is CCC(=O)CC(C)c1ccc(N2CC(c3cc(Cl)c(Cl)c(Cl)c3)(C(F)(F)F)OC2=O)cc1. The predicted octanol–water partition coefficient (Wildman–Crippen LogP) is 7.53. The highest BCUT2D eigenvalue weighted by molar-refractivity contribution is 6.48. The van der Waals surface area contributed by atoms with Crippen LogP contribution in [0.4, 0.5) is 23.7 Å². The zero-order valence-electron chi connectivity index (χ0n) is 17.1. The number of carbonyl (C=O) groups is 2. The summed E-state index contributed by atoms with van der Waals surface area (Å²) in [4.78, 5) is 25.1. The van der Waals surface area contributed by atoms with Gasteiger partial charge in [-0.1, -0.05) is 60.8 Å². The summed E-state index contributed by atoms with van der Waals surface area (Å²) in [5.74, 6) is 0.0505. The van der Waals surface area contributed by atoms with Gasteiger partial charge in [0.1, 0.15) is 5.78 Å². The van der Waals surface area contributed by atoms with Crippen molar-refractivity contribution in [3.8, 4) is 0 Å². The van der Waals surface area contributed by atoms with Crippen molar-refractivity contribution in [2.24, 2.45) is 0 Å². The number of ketones is 1. The monoisotopic (exact) mass is 507 g/mol. The molecule has 1 aliphatic rings. The molecule has 2 atom stereocenters. The average Bonchev–Trinajstić information content (AvgIpc) is 3.10. The summed E-state index contributed by atoms with van der Waals surface area (Å²) in [6.45, 7) is 2.84. The molecule has 2 aromatic carbocycles. The van der Waals surface area contributed by atoms with Crippen LogP contribution in [0.15, 0.2) is 36.4 Å². The number of ether oxygens (including phenoxy) is 1. The second-order valence-electron chi connectivity index (χ2n) is 7.62. The minimum absolute atomic E-state index is 0.0605. The minimum atomic E-state index is -4.95. The summed E-state index contributed by atoms with van der Waals surface area (Å²) in [5, 5.41) is -0.471. The van der Waals surface area contributed by atoms with Gasteiger partial charge in [0, 0.05) is 24.1 Å². The zero-order valence-corrected chi connectivity index (χ0v) is 19.4. The third kappa shape index (κ3) is 4.56. The Bertz CT molecular complexity index is 1020. The minimum Gasteiger partial charge on any atom is -0.426 e. The highest BCUT2D eigenvalue weighted by Gasteiger charge is 2.65. The Morgan fingerprint density at radius 2 is 1.72 bits per heavy atom. The van der Waals surface area contributed by atoms with Crippen LogP contribution in [-0.4, -0.2) is 24.6 Å². The van der Waals surface area contributed by atoms with E-state index in [1.54, 1.807) is 19.1 Å². The number of benzene rings is 2. The van der Waals surface area contributed by atoms with Gasteiger partial charge in [-0.25, -0.2) is 4.79 Å². The van der Waals surface area contributed by atoms with Crippen molar-refractivity contribution < 1.29 is 27.5 Å². The first-order chi connectivity index (χ1) is 14.9. The highest BCUT2D eigenvalue weighted by atomic mass is 35.5. The van der Waals surface area contributed by atoms with Crippen molar-refractivity contribution in [2.75, 3.05) is 11.4 Å². The third-order valence-corrected chi connectivity index (χ3v) is 6.67. The van der Waals surface area contributed by atoms with E-state index in [2.05, 4.69) is 0 Å². The van der Waals surface area contributed by atoms with E-state index < -0.39 is 30.0 Å². The molecular formula is C22H19Cl3F3NO3. The van der Waals surface area contributed by atoms with Gasteiger partial charge >= 0.3 is 12.3 Å². The predicted molar refractivity (Wildman–Crippen MR) is 118 cm³/mol.